The van der Waals surface area contributed by atoms with E-state index in [4.69, 9.17) is 4.74 Å². The summed E-state index contributed by atoms with van der Waals surface area (Å²) < 4.78 is 6.11. The molecule has 0 radical (unpaired) electrons. The maximum absolute atomic E-state index is 15.1. The molecule has 1 aromatic rings. The standard InChI is InChI=1S/C63H107N11O12/c1-23-45-59(81)68(16)33-51(75)69(17)46(29-36(2)3)56(78)67-52(40(10)11)62(84)70(18)47(30-37(4)5)55(77)64-42(14)54(76)65-43(15)58(80)71(19)48(31-38(6)7)60(82)72(20)49(32-39(8)9)61(83)74(22)53(41(12)13)63(85)73(21)50(57(79)66-45)35-86-34-44-27-25-24-26-28-44/h24-28,36-43,45-50,52-53H,23,29-35H2,1-22H3,(H,64,77)(H,65,76)(H,66,79)(H,67,78)/t42-,43+,45-,46-,47-,48-,49-,50-,52-,53-/m0/s1. The van der Waals surface area contributed by atoms with Gasteiger partial charge in [-0.2, -0.15) is 0 Å². The molecule has 4 N–H and O–H groups in total. The first-order chi connectivity index (χ1) is 39.9. The molecular weight excluding hydrogens is 1100 g/mol. The summed E-state index contributed by atoms with van der Waals surface area (Å²) in [5.74, 6) is -8.66. The first-order valence-electron chi connectivity index (χ1n) is 30.6. The fraction of sp³-hybridized carbons (Fsp3) is 0.730. The quantitative estimate of drug-likeness (QED) is 0.197. The van der Waals surface area contributed by atoms with Gasteiger partial charge in [-0.25, -0.2) is 0 Å². The third-order valence-corrected chi connectivity index (χ3v) is 15.9. The molecule has 1 aromatic carbocycles. The first kappa shape index (κ1) is 75.4. The van der Waals surface area contributed by atoms with Crippen molar-refractivity contribution >= 4 is 65.0 Å². The zero-order chi connectivity index (χ0) is 65.9. The Morgan fingerprint density at radius 3 is 1.34 bits per heavy atom. The molecular formula is C63H107N11O12. The van der Waals surface area contributed by atoms with E-state index in [0.29, 0.717) is 0 Å². The minimum atomic E-state index is -1.36. The van der Waals surface area contributed by atoms with Crippen LogP contribution in [0.15, 0.2) is 30.3 Å². The third-order valence-electron chi connectivity index (χ3n) is 15.9. The molecule has 23 nitrogen and oxygen atoms in total. The van der Waals surface area contributed by atoms with Crippen molar-refractivity contribution in [3.63, 3.8) is 0 Å². The third kappa shape index (κ3) is 21.3. The molecule has 0 aliphatic carbocycles. The second-order valence-electron chi connectivity index (χ2n) is 25.9. The van der Waals surface area contributed by atoms with E-state index in [0.717, 1.165) is 10.5 Å². The number of rotatable bonds is 15. The number of nitrogens with zero attached hydrogens (tertiary/aromatic N) is 7. The fourth-order valence-corrected chi connectivity index (χ4v) is 10.6. The van der Waals surface area contributed by atoms with Crippen molar-refractivity contribution in [2.75, 3.05) is 62.5 Å². The molecule has 0 bridgehead atoms. The summed E-state index contributed by atoms with van der Waals surface area (Å²) in [4.78, 5) is 169. The molecule has 1 fully saturated rings. The minimum Gasteiger partial charge on any atom is -0.374 e. The number of carbonyl (C=O) groups excluding carboxylic acids is 11. The molecule has 1 aliphatic rings. The second kappa shape index (κ2) is 34.6. The molecule has 486 valence electrons. The van der Waals surface area contributed by atoms with Gasteiger partial charge in [-0.3, -0.25) is 52.7 Å². The number of amides is 11. The molecule has 86 heavy (non-hydrogen) atoms. The highest BCUT2D eigenvalue weighted by molar-refractivity contribution is 5.99. The topological polar surface area (TPSA) is 268 Å². The van der Waals surface area contributed by atoms with Gasteiger partial charge in [0, 0.05) is 49.3 Å². The van der Waals surface area contributed by atoms with Crippen LogP contribution in [-0.2, 0) is 64.1 Å². The van der Waals surface area contributed by atoms with E-state index < -0.39 is 144 Å². The Balaban J connectivity index is 2.92. The summed E-state index contributed by atoms with van der Waals surface area (Å²) in [6.07, 6.45) is 0.734. The van der Waals surface area contributed by atoms with Gasteiger partial charge in [0.25, 0.3) is 0 Å². The van der Waals surface area contributed by atoms with Crippen LogP contribution in [0.25, 0.3) is 0 Å². The number of nitrogens with one attached hydrogen (secondary N) is 4. The van der Waals surface area contributed by atoms with Crippen molar-refractivity contribution in [1.29, 1.82) is 0 Å². The van der Waals surface area contributed by atoms with Crippen LogP contribution >= 0.6 is 0 Å². The largest absolute Gasteiger partial charge is 0.374 e. The average molecular weight is 1210 g/mol. The summed E-state index contributed by atoms with van der Waals surface area (Å²) in [5.41, 5.74) is 0.788. The van der Waals surface area contributed by atoms with Crippen LogP contribution in [0, 0.1) is 35.5 Å². The van der Waals surface area contributed by atoms with Crippen molar-refractivity contribution < 1.29 is 57.5 Å². The van der Waals surface area contributed by atoms with Gasteiger partial charge in [-0.05, 0) is 87.0 Å². The van der Waals surface area contributed by atoms with Crippen molar-refractivity contribution in [2.45, 2.75) is 203 Å². The molecule has 1 saturated heterocycles. The zero-order valence-electron chi connectivity index (χ0n) is 55.8. The number of likely N-dealkylation sites (N-methyl/N-ethyl adjacent to an activating group) is 7. The lowest BCUT2D eigenvalue weighted by Crippen LogP contribution is -2.62. The molecule has 0 aromatic heterocycles. The molecule has 10 atom stereocenters. The summed E-state index contributed by atoms with van der Waals surface area (Å²) in [6, 6.07) is -2.70. The number of benzene rings is 1. The molecule has 0 spiro atoms. The predicted octanol–water partition coefficient (Wildman–Crippen LogP) is 3.52. The van der Waals surface area contributed by atoms with Gasteiger partial charge in [0.15, 0.2) is 0 Å². The monoisotopic (exact) mass is 1210 g/mol. The summed E-state index contributed by atoms with van der Waals surface area (Å²) in [6.45, 7) is 25.8. The lowest BCUT2D eigenvalue weighted by Gasteiger charge is -2.40. The minimum absolute atomic E-state index is 0.0638. The van der Waals surface area contributed by atoms with E-state index in [1.54, 1.807) is 34.6 Å². The van der Waals surface area contributed by atoms with Crippen LogP contribution in [-0.4, -0.2) is 222 Å². The Hall–Kier alpha value is -6.65. The summed E-state index contributed by atoms with van der Waals surface area (Å²) in [7, 11) is 10.1. The normalized spacial score (nSPS) is 25.8. The Labute approximate surface area is 513 Å². The fourth-order valence-electron chi connectivity index (χ4n) is 10.6. The lowest BCUT2D eigenvalue weighted by molar-refractivity contribution is -0.156. The molecule has 1 aliphatic heterocycles. The van der Waals surface area contributed by atoms with Gasteiger partial charge in [0.2, 0.25) is 65.0 Å². The van der Waals surface area contributed by atoms with E-state index in [1.807, 2.05) is 85.7 Å². The predicted molar refractivity (Wildman–Crippen MR) is 330 cm³/mol. The number of hydrogen-bond acceptors (Lipinski definition) is 12. The van der Waals surface area contributed by atoms with Crippen LogP contribution < -0.4 is 21.3 Å². The Bertz CT molecular complexity index is 2470. The number of hydrogen-bond donors (Lipinski definition) is 4. The molecule has 11 amide bonds. The summed E-state index contributed by atoms with van der Waals surface area (Å²) >= 11 is 0. The second-order valence-corrected chi connectivity index (χ2v) is 25.9. The lowest BCUT2D eigenvalue weighted by atomic mass is 9.95. The number of ether oxygens (including phenoxy) is 1. The van der Waals surface area contributed by atoms with Gasteiger partial charge >= 0.3 is 0 Å². The molecule has 23 heteroatoms. The molecule has 0 saturated carbocycles. The van der Waals surface area contributed by atoms with Crippen molar-refractivity contribution in [2.24, 2.45) is 35.5 Å². The summed E-state index contributed by atoms with van der Waals surface area (Å²) in [5, 5.41) is 11.1. The van der Waals surface area contributed by atoms with E-state index in [-0.39, 0.29) is 69.0 Å². The molecule has 0 unspecified atom stereocenters. The van der Waals surface area contributed by atoms with Gasteiger partial charge in [-0.15, -0.1) is 0 Å². The van der Waals surface area contributed by atoms with Gasteiger partial charge in [0.05, 0.1) is 19.8 Å². The zero-order valence-corrected chi connectivity index (χ0v) is 55.8. The van der Waals surface area contributed by atoms with Crippen LogP contribution in [0.5, 0.6) is 0 Å². The average Bonchev–Trinajstić information content (AvgIpc) is 3.65. The maximum atomic E-state index is 15.1. The Morgan fingerprint density at radius 1 is 0.442 bits per heavy atom. The van der Waals surface area contributed by atoms with Gasteiger partial charge < -0.3 is 60.3 Å². The van der Waals surface area contributed by atoms with Crippen LogP contribution in [0.2, 0.25) is 0 Å². The van der Waals surface area contributed by atoms with E-state index in [9.17, 15) is 43.2 Å². The first-order valence-corrected chi connectivity index (χ1v) is 30.6. The van der Waals surface area contributed by atoms with E-state index in [2.05, 4.69) is 21.3 Å². The SMILES string of the molecule is CC[C@@H]1NC(=O)[C@H](COCc2ccccc2)N(C)C(=O)[C@H](C(C)C)N(C)C(=O)[C@H](CC(C)C)N(C)C(=O)[C@H](CC(C)C)N(C)C(=O)[C@@H](C)NC(=O)[C@H](C)NC(=O)[C@H](CC(C)C)N(C)C(=O)[C@H](C(C)C)NC(=O)[C@H](CC(C)C)N(C)C(=O)CN(C)C1=O. The van der Waals surface area contributed by atoms with Crippen LogP contribution in [0.4, 0.5) is 0 Å². The van der Waals surface area contributed by atoms with Crippen molar-refractivity contribution in [3.8, 4) is 0 Å². The Kier molecular flexibility index (Phi) is 30.4. The van der Waals surface area contributed by atoms with Gasteiger partial charge in [0.1, 0.15) is 60.4 Å². The highest BCUT2D eigenvalue weighted by Crippen LogP contribution is 2.24. The van der Waals surface area contributed by atoms with E-state index in [1.165, 1.54) is 92.6 Å². The Morgan fingerprint density at radius 2 is 0.860 bits per heavy atom. The molecule has 1 heterocycles. The smallest absolute Gasteiger partial charge is 0.246 e. The van der Waals surface area contributed by atoms with E-state index >= 15 is 9.59 Å². The number of carbonyl (C=O) groups is 11. The van der Waals surface area contributed by atoms with Crippen LogP contribution in [0.3, 0.4) is 0 Å². The van der Waals surface area contributed by atoms with Crippen LogP contribution in [0.1, 0.15) is 142 Å². The van der Waals surface area contributed by atoms with Gasteiger partial charge in [-0.1, -0.05) is 120 Å². The van der Waals surface area contributed by atoms with Crippen molar-refractivity contribution in [3.05, 3.63) is 35.9 Å². The van der Waals surface area contributed by atoms with Crippen molar-refractivity contribution in [1.82, 2.24) is 55.6 Å². The highest BCUT2D eigenvalue weighted by atomic mass is 16.5. The molecule has 2 rings (SSSR count). The highest BCUT2D eigenvalue weighted by Gasteiger charge is 2.44. The maximum Gasteiger partial charge on any atom is 0.246 e.